The van der Waals surface area contributed by atoms with Gasteiger partial charge in [-0.3, -0.25) is 4.79 Å². The number of nitrogens with one attached hydrogen (secondary N) is 1. The zero-order chi connectivity index (χ0) is 10.2. The molecule has 1 atom stereocenters. The Morgan fingerprint density at radius 3 is 2.93 bits per heavy atom. The van der Waals surface area contributed by atoms with Gasteiger partial charge in [0.2, 0.25) is 0 Å². The minimum atomic E-state index is -0.0548. The van der Waals surface area contributed by atoms with Gasteiger partial charge < -0.3 is 10.1 Å². The van der Waals surface area contributed by atoms with E-state index >= 15 is 0 Å². The molecule has 3 heteroatoms. The topological polar surface area (TPSA) is 38.3 Å². The minimum absolute atomic E-state index is 0.0367. The second kappa shape index (κ2) is 6.82. The van der Waals surface area contributed by atoms with Gasteiger partial charge in [0.15, 0.2) is 0 Å². The Labute approximate surface area is 86.2 Å². The summed E-state index contributed by atoms with van der Waals surface area (Å²) in [5.41, 5.74) is 0. The van der Waals surface area contributed by atoms with E-state index in [1.54, 1.807) is 0 Å². The lowest BCUT2D eigenvalue weighted by Gasteiger charge is -2.21. The standard InChI is InChI=1S/C11H21NO2/c1-2-3-6-9-14-11(13)10-7-4-5-8-12-10/h10,12H,2-9H2,1H3/t10-/m0/s1. The smallest absolute Gasteiger partial charge is 0.323 e. The number of piperidine rings is 1. The van der Waals surface area contributed by atoms with Crippen LogP contribution < -0.4 is 5.32 Å². The number of carbonyl (C=O) groups is 1. The zero-order valence-corrected chi connectivity index (χ0v) is 9.05. The van der Waals surface area contributed by atoms with E-state index in [0.717, 1.165) is 32.2 Å². The fourth-order valence-electron chi connectivity index (χ4n) is 1.68. The van der Waals surface area contributed by atoms with E-state index < -0.39 is 0 Å². The summed E-state index contributed by atoms with van der Waals surface area (Å²) in [4.78, 5) is 11.5. The quantitative estimate of drug-likeness (QED) is 0.542. The highest BCUT2D eigenvalue weighted by atomic mass is 16.5. The molecule has 1 N–H and O–H groups in total. The molecule has 0 aromatic carbocycles. The van der Waals surface area contributed by atoms with E-state index in [1.807, 2.05) is 0 Å². The number of esters is 1. The van der Waals surface area contributed by atoms with E-state index in [9.17, 15) is 4.79 Å². The molecule has 0 spiro atoms. The molecule has 0 aromatic heterocycles. The molecule has 1 saturated heterocycles. The first kappa shape index (κ1) is 11.5. The average molecular weight is 199 g/mol. The number of hydrogen-bond donors (Lipinski definition) is 1. The minimum Gasteiger partial charge on any atom is -0.465 e. The van der Waals surface area contributed by atoms with Gasteiger partial charge in [0.1, 0.15) is 6.04 Å². The van der Waals surface area contributed by atoms with Crippen LogP contribution in [-0.4, -0.2) is 25.2 Å². The molecular weight excluding hydrogens is 178 g/mol. The van der Waals surface area contributed by atoms with E-state index in [-0.39, 0.29) is 12.0 Å². The summed E-state index contributed by atoms with van der Waals surface area (Å²) < 4.78 is 5.18. The summed E-state index contributed by atoms with van der Waals surface area (Å²) in [6.45, 7) is 3.68. The Balaban J connectivity index is 2.07. The third kappa shape index (κ3) is 4.09. The lowest BCUT2D eigenvalue weighted by molar-refractivity contribution is -0.146. The molecule has 1 fully saturated rings. The average Bonchev–Trinajstić information content (AvgIpc) is 2.25. The van der Waals surface area contributed by atoms with Crippen molar-refractivity contribution >= 4 is 5.97 Å². The molecule has 0 amide bonds. The van der Waals surface area contributed by atoms with Crippen LogP contribution in [-0.2, 0) is 9.53 Å². The van der Waals surface area contributed by atoms with Crippen LogP contribution in [0.2, 0.25) is 0 Å². The molecule has 3 nitrogen and oxygen atoms in total. The maximum absolute atomic E-state index is 11.5. The summed E-state index contributed by atoms with van der Waals surface area (Å²) in [5, 5.41) is 3.19. The number of hydrogen-bond acceptors (Lipinski definition) is 3. The van der Waals surface area contributed by atoms with Crippen LogP contribution in [0.4, 0.5) is 0 Å². The molecule has 1 aliphatic rings. The Morgan fingerprint density at radius 2 is 2.29 bits per heavy atom. The lowest BCUT2D eigenvalue weighted by Crippen LogP contribution is -2.41. The molecule has 82 valence electrons. The Bertz CT molecular complexity index is 165. The van der Waals surface area contributed by atoms with E-state index in [0.29, 0.717) is 6.61 Å². The molecule has 0 aromatic rings. The van der Waals surface area contributed by atoms with Crippen molar-refractivity contribution in [1.82, 2.24) is 5.32 Å². The third-order valence-corrected chi connectivity index (χ3v) is 2.59. The molecule has 1 aliphatic heterocycles. The number of unbranched alkanes of at least 4 members (excludes halogenated alkanes) is 2. The van der Waals surface area contributed by atoms with Crippen molar-refractivity contribution in [1.29, 1.82) is 0 Å². The summed E-state index contributed by atoms with van der Waals surface area (Å²) in [5.74, 6) is -0.0548. The van der Waals surface area contributed by atoms with E-state index in [4.69, 9.17) is 4.74 Å². The summed E-state index contributed by atoms with van der Waals surface area (Å²) in [7, 11) is 0. The van der Waals surface area contributed by atoms with Gasteiger partial charge >= 0.3 is 5.97 Å². The first-order valence-electron chi connectivity index (χ1n) is 5.74. The molecule has 14 heavy (non-hydrogen) atoms. The SMILES string of the molecule is CCCCCOC(=O)[C@@H]1CCCCN1. The van der Waals surface area contributed by atoms with Gasteiger partial charge in [0.05, 0.1) is 6.61 Å². The van der Waals surface area contributed by atoms with Gasteiger partial charge in [-0.1, -0.05) is 26.2 Å². The van der Waals surface area contributed by atoms with Gasteiger partial charge in [-0.05, 0) is 25.8 Å². The Morgan fingerprint density at radius 1 is 1.43 bits per heavy atom. The van der Waals surface area contributed by atoms with Gasteiger partial charge in [0, 0.05) is 0 Å². The van der Waals surface area contributed by atoms with Crippen LogP contribution in [0.1, 0.15) is 45.4 Å². The number of carbonyl (C=O) groups excluding carboxylic acids is 1. The maximum Gasteiger partial charge on any atom is 0.323 e. The number of ether oxygens (including phenoxy) is 1. The normalized spacial score (nSPS) is 21.9. The van der Waals surface area contributed by atoms with Crippen molar-refractivity contribution in [2.75, 3.05) is 13.2 Å². The Kier molecular flexibility index (Phi) is 5.60. The van der Waals surface area contributed by atoms with E-state index in [1.165, 1.54) is 12.8 Å². The monoisotopic (exact) mass is 199 g/mol. The molecule has 1 rings (SSSR count). The largest absolute Gasteiger partial charge is 0.465 e. The van der Waals surface area contributed by atoms with Gasteiger partial charge in [-0.25, -0.2) is 0 Å². The number of rotatable bonds is 5. The van der Waals surface area contributed by atoms with Crippen LogP contribution in [0.5, 0.6) is 0 Å². The highest BCUT2D eigenvalue weighted by molar-refractivity contribution is 5.75. The molecule has 0 aliphatic carbocycles. The van der Waals surface area contributed by atoms with Crippen molar-refractivity contribution in [3.63, 3.8) is 0 Å². The van der Waals surface area contributed by atoms with Crippen molar-refractivity contribution in [2.45, 2.75) is 51.5 Å². The predicted octanol–water partition coefficient (Wildman–Crippen LogP) is 1.86. The predicted molar refractivity (Wildman–Crippen MR) is 56.1 cm³/mol. The van der Waals surface area contributed by atoms with Gasteiger partial charge in [-0.15, -0.1) is 0 Å². The van der Waals surface area contributed by atoms with Crippen LogP contribution >= 0.6 is 0 Å². The Hall–Kier alpha value is -0.570. The zero-order valence-electron chi connectivity index (χ0n) is 9.05. The summed E-state index contributed by atoms with van der Waals surface area (Å²) >= 11 is 0. The molecule has 0 saturated carbocycles. The van der Waals surface area contributed by atoms with Crippen LogP contribution in [0.3, 0.4) is 0 Å². The van der Waals surface area contributed by atoms with Crippen LogP contribution in [0.25, 0.3) is 0 Å². The molecule has 0 bridgehead atoms. The third-order valence-electron chi connectivity index (χ3n) is 2.59. The van der Waals surface area contributed by atoms with Crippen molar-refractivity contribution in [3.8, 4) is 0 Å². The summed E-state index contributed by atoms with van der Waals surface area (Å²) in [6.07, 6.45) is 6.56. The lowest BCUT2D eigenvalue weighted by atomic mass is 10.1. The highest BCUT2D eigenvalue weighted by Gasteiger charge is 2.21. The van der Waals surface area contributed by atoms with Crippen LogP contribution in [0.15, 0.2) is 0 Å². The van der Waals surface area contributed by atoms with Gasteiger partial charge in [-0.2, -0.15) is 0 Å². The fraction of sp³-hybridized carbons (Fsp3) is 0.909. The fourth-order valence-corrected chi connectivity index (χ4v) is 1.68. The highest BCUT2D eigenvalue weighted by Crippen LogP contribution is 2.08. The first-order chi connectivity index (χ1) is 6.84. The van der Waals surface area contributed by atoms with Crippen molar-refractivity contribution in [2.24, 2.45) is 0 Å². The second-order valence-electron chi connectivity index (χ2n) is 3.88. The molecule has 0 unspecified atom stereocenters. The molecule has 0 radical (unpaired) electrons. The van der Waals surface area contributed by atoms with E-state index in [2.05, 4.69) is 12.2 Å². The maximum atomic E-state index is 11.5. The summed E-state index contributed by atoms with van der Waals surface area (Å²) in [6, 6.07) is -0.0367. The van der Waals surface area contributed by atoms with Crippen molar-refractivity contribution < 1.29 is 9.53 Å². The first-order valence-corrected chi connectivity index (χ1v) is 5.74. The van der Waals surface area contributed by atoms with Crippen molar-refractivity contribution in [3.05, 3.63) is 0 Å². The van der Waals surface area contributed by atoms with Crippen LogP contribution in [0, 0.1) is 0 Å². The molecule has 1 heterocycles. The second-order valence-corrected chi connectivity index (χ2v) is 3.88. The molecular formula is C11H21NO2. The van der Waals surface area contributed by atoms with Gasteiger partial charge in [0.25, 0.3) is 0 Å².